The summed E-state index contributed by atoms with van der Waals surface area (Å²) in [6.45, 7) is 6.40. The van der Waals surface area contributed by atoms with Crippen LogP contribution < -0.4 is 5.32 Å². The molecule has 0 radical (unpaired) electrons. The quantitative estimate of drug-likeness (QED) is 0.257. The highest BCUT2D eigenvalue weighted by Crippen LogP contribution is 2.57. The molecule has 3 aliphatic heterocycles. The number of nitrogens with one attached hydrogen (secondary N) is 1. The number of hydrogen-bond acceptors (Lipinski definition) is 6. The first-order valence-electron chi connectivity index (χ1n) is 11.2. The van der Waals surface area contributed by atoms with Crippen molar-refractivity contribution in [1.82, 2.24) is 5.32 Å². The summed E-state index contributed by atoms with van der Waals surface area (Å²) in [7, 11) is 0. The fourth-order valence-corrected chi connectivity index (χ4v) is 4.93. The SMILES string of the molecule is CCCCCCC(C)/C=C(C)/C=C/C(=O)NC1CC2(OC1O)[C@@H]1O[C@@H]1C(=O)[C@@H]1O[C@@H]12. The summed E-state index contributed by atoms with van der Waals surface area (Å²) in [6, 6.07) is -0.563. The van der Waals surface area contributed by atoms with Gasteiger partial charge in [0.15, 0.2) is 12.1 Å². The number of rotatable bonds is 9. The molecule has 166 valence electrons. The first-order valence-corrected chi connectivity index (χ1v) is 11.2. The van der Waals surface area contributed by atoms with Crippen LogP contribution in [0.15, 0.2) is 23.8 Å². The third-order valence-electron chi connectivity index (χ3n) is 6.62. The minimum atomic E-state index is -1.15. The molecule has 4 fully saturated rings. The first-order chi connectivity index (χ1) is 14.4. The van der Waals surface area contributed by atoms with Crippen LogP contribution in [0.25, 0.3) is 0 Å². The molecule has 1 aliphatic carbocycles. The summed E-state index contributed by atoms with van der Waals surface area (Å²) in [5.41, 5.74) is 0.204. The number of carbonyl (C=O) groups is 2. The van der Waals surface area contributed by atoms with Crippen molar-refractivity contribution in [2.24, 2.45) is 5.92 Å². The third kappa shape index (κ3) is 4.26. The summed E-state index contributed by atoms with van der Waals surface area (Å²) in [5, 5.41) is 13.2. The van der Waals surface area contributed by atoms with Crippen molar-refractivity contribution < 1.29 is 28.9 Å². The fourth-order valence-electron chi connectivity index (χ4n) is 4.93. The van der Waals surface area contributed by atoms with Gasteiger partial charge in [-0.1, -0.05) is 57.3 Å². The zero-order chi connectivity index (χ0) is 21.5. The van der Waals surface area contributed by atoms with E-state index in [1.165, 1.54) is 31.8 Å². The maximum absolute atomic E-state index is 12.4. The van der Waals surface area contributed by atoms with Gasteiger partial charge >= 0.3 is 0 Å². The summed E-state index contributed by atoms with van der Waals surface area (Å²) >= 11 is 0. The number of unbranched alkanes of at least 4 members (excludes halogenated alkanes) is 3. The Morgan fingerprint density at radius 1 is 1.23 bits per heavy atom. The van der Waals surface area contributed by atoms with Crippen molar-refractivity contribution in [3.63, 3.8) is 0 Å². The molecule has 1 saturated carbocycles. The molecule has 0 aromatic rings. The van der Waals surface area contributed by atoms with E-state index >= 15 is 0 Å². The predicted molar refractivity (Wildman–Crippen MR) is 110 cm³/mol. The van der Waals surface area contributed by atoms with Gasteiger partial charge in [-0.25, -0.2) is 0 Å². The number of hydrogen-bond donors (Lipinski definition) is 2. The van der Waals surface area contributed by atoms with Crippen molar-refractivity contribution in [1.29, 1.82) is 0 Å². The smallest absolute Gasteiger partial charge is 0.244 e. The van der Waals surface area contributed by atoms with Gasteiger partial charge in [-0.15, -0.1) is 0 Å². The Balaban J connectivity index is 1.26. The van der Waals surface area contributed by atoms with Crippen LogP contribution in [0.5, 0.6) is 0 Å². The molecular weight excluding hydrogens is 386 g/mol. The van der Waals surface area contributed by atoms with Gasteiger partial charge < -0.3 is 24.6 Å². The number of carbonyl (C=O) groups excluding carboxylic acids is 2. The van der Waals surface area contributed by atoms with Gasteiger partial charge in [-0.3, -0.25) is 9.59 Å². The Kier molecular flexibility index (Phi) is 6.17. The average Bonchev–Trinajstić information content (AvgIpc) is 3.60. The van der Waals surface area contributed by atoms with Crippen LogP contribution in [-0.4, -0.2) is 59.1 Å². The molecule has 4 rings (SSSR count). The molecule has 2 N–H and O–H groups in total. The van der Waals surface area contributed by atoms with Gasteiger partial charge in [0.25, 0.3) is 0 Å². The van der Waals surface area contributed by atoms with E-state index in [4.69, 9.17) is 14.2 Å². The molecule has 0 bridgehead atoms. The highest BCUT2D eigenvalue weighted by molar-refractivity contribution is 5.94. The standard InChI is InChI=1S/C23H33NO6/c1-4-5-6-7-8-13(2)11-14(3)9-10-16(25)24-15-12-23(30-22(15)27)20-18(28-20)17(26)19-21(23)29-19/h9-11,13,15,18-22,27H,4-8,12H2,1-3H3,(H,24,25)/b10-9+,14-11+/t13?,15?,18-,19+,20-,21+,22?,23?. The lowest BCUT2D eigenvalue weighted by atomic mass is 9.81. The van der Waals surface area contributed by atoms with Crippen LogP contribution in [0.4, 0.5) is 0 Å². The molecule has 0 aromatic heterocycles. The summed E-state index contributed by atoms with van der Waals surface area (Å²) in [6.07, 6.45) is 9.12. The van der Waals surface area contributed by atoms with Crippen molar-refractivity contribution in [3.05, 3.63) is 23.8 Å². The second kappa shape index (κ2) is 8.54. The number of allylic oxidation sites excluding steroid dienone is 3. The van der Waals surface area contributed by atoms with E-state index in [0.29, 0.717) is 12.3 Å². The Morgan fingerprint density at radius 3 is 2.60 bits per heavy atom. The molecule has 1 spiro atoms. The molecule has 0 aromatic carbocycles. The van der Waals surface area contributed by atoms with Gasteiger partial charge in [0.2, 0.25) is 5.91 Å². The molecular formula is C23H33NO6. The maximum atomic E-state index is 12.4. The van der Waals surface area contributed by atoms with Gasteiger partial charge in [0.05, 0.1) is 6.04 Å². The van der Waals surface area contributed by atoms with Crippen molar-refractivity contribution in [3.8, 4) is 0 Å². The number of aliphatic hydroxyl groups is 1. The van der Waals surface area contributed by atoms with Gasteiger partial charge in [0, 0.05) is 12.5 Å². The largest absolute Gasteiger partial charge is 0.366 e. The van der Waals surface area contributed by atoms with Gasteiger partial charge in [-0.05, 0) is 19.3 Å². The minimum Gasteiger partial charge on any atom is -0.366 e. The molecule has 4 aliphatic rings. The van der Waals surface area contributed by atoms with Crippen molar-refractivity contribution in [2.75, 3.05) is 0 Å². The lowest BCUT2D eigenvalue weighted by Crippen LogP contribution is -2.49. The zero-order valence-electron chi connectivity index (χ0n) is 18.0. The van der Waals surface area contributed by atoms with E-state index in [0.717, 1.165) is 12.0 Å². The Labute approximate surface area is 177 Å². The number of Topliss-reactive ketones (excluding diaryl/α,β-unsaturated/α-hetero) is 1. The monoisotopic (exact) mass is 419 g/mol. The lowest BCUT2D eigenvalue weighted by Gasteiger charge is -2.26. The molecule has 8 atom stereocenters. The van der Waals surface area contributed by atoms with E-state index in [1.807, 2.05) is 6.92 Å². The molecule has 30 heavy (non-hydrogen) atoms. The second-order valence-electron chi connectivity index (χ2n) is 9.21. The third-order valence-corrected chi connectivity index (χ3v) is 6.62. The Morgan fingerprint density at radius 2 is 1.93 bits per heavy atom. The molecule has 4 unspecified atom stereocenters. The molecule has 3 saturated heterocycles. The Hall–Kier alpha value is -1.54. The number of epoxide rings is 2. The van der Waals surface area contributed by atoms with Crippen LogP contribution in [-0.2, 0) is 23.8 Å². The molecule has 7 heteroatoms. The van der Waals surface area contributed by atoms with E-state index in [-0.39, 0.29) is 23.9 Å². The molecule has 1 amide bonds. The van der Waals surface area contributed by atoms with E-state index in [1.54, 1.807) is 6.08 Å². The van der Waals surface area contributed by atoms with Crippen LogP contribution in [0, 0.1) is 5.92 Å². The summed E-state index contributed by atoms with van der Waals surface area (Å²) in [5.74, 6) is 0.161. The number of ketones is 1. The summed E-state index contributed by atoms with van der Waals surface area (Å²) in [4.78, 5) is 24.3. The minimum absolute atomic E-state index is 0.0361. The van der Waals surface area contributed by atoms with E-state index in [9.17, 15) is 14.7 Å². The van der Waals surface area contributed by atoms with Crippen molar-refractivity contribution >= 4 is 11.7 Å². The highest BCUT2D eigenvalue weighted by atomic mass is 16.7. The van der Waals surface area contributed by atoms with E-state index < -0.39 is 30.1 Å². The topological polar surface area (TPSA) is 101 Å². The predicted octanol–water partition coefficient (Wildman–Crippen LogP) is 2.18. The van der Waals surface area contributed by atoms with Crippen LogP contribution in [0.2, 0.25) is 0 Å². The van der Waals surface area contributed by atoms with Crippen LogP contribution in [0.3, 0.4) is 0 Å². The molecule has 7 nitrogen and oxygen atoms in total. The molecule has 3 heterocycles. The highest BCUT2D eigenvalue weighted by Gasteiger charge is 2.79. The van der Waals surface area contributed by atoms with Gasteiger partial charge in [0.1, 0.15) is 30.0 Å². The number of amides is 1. The number of ether oxygens (including phenoxy) is 3. The number of aliphatic hydroxyl groups excluding tert-OH is 1. The Bertz CT molecular complexity index is 726. The zero-order valence-corrected chi connectivity index (χ0v) is 18.0. The average molecular weight is 420 g/mol. The number of fused-ring (bicyclic) bond motifs is 4. The second-order valence-corrected chi connectivity index (χ2v) is 9.21. The van der Waals surface area contributed by atoms with Gasteiger partial charge in [-0.2, -0.15) is 0 Å². The van der Waals surface area contributed by atoms with Crippen LogP contribution >= 0.6 is 0 Å². The summed E-state index contributed by atoms with van der Waals surface area (Å²) < 4.78 is 16.8. The fraction of sp³-hybridized carbons (Fsp3) is 0.739. The van der Waals surface area contributed by atoms with E-state index in [2.05, 4.69) is 25.2 Å². The first kappa shape index (κ1) is 21.7. The van der Waals surface area contributed by atoms with Crippen LogP contribution in [0.1, 0.15) is 59.3 Å². The normalized spacial score (nSPS) is 40.4. The van der Waals surface area contributed by atoms with Crippen molar-refractivity contribution in [2.45, 2.75) is 102 Å². The lowest BCUT2D eigenvalue weighted by molar-refractivity contribution is -0.159. The maximum Gasteiger partial charge on any atom is 0.244 e.